The molecule has 1 N–H and O–H groups in total. The number of rotatable bonds is 3. The van der Waals surface area contributed by atoms with Gasteiger partial charge in [-0.3, -0.25) is 9.48 Å². The van der Waals surface area contributed by atoms with Gasteiger partial charge in [0.1, 0.15) is 5.82 Å². The minimum atomic E-state index is -0.165. The first-order valence-corrected chi connectivity index (χ1v) is 6.79. The maximum absolute atomic E-state index is 12.3. The lowest BCUT2D eigenvalue weighted by Crippen LogP contribution is -2.29. The van der Waals surface area contributed by atoms with Gasteiger partial charge >= 0.3 is 0 Å². The minimum Gasteiger partial charge on any atom is -0.342 e. The standard InChI is InChI=1S/C13H18N6O/c1-8(12-17-16-11-5-4-6-19(11)12)15-13(20)10-7-14-18(3)9(10)2/h7-8H,4-6H2,1-3H3,(H,15,20)/t8-/m0/s1. The molecular formula is C13H18N6O. The van der Waals surface area contributed by atoms with E-state index in [1.807, 2.05) is 20.9 Å². The van der Waals surface area contributed by atoms with Gasteiger partial charge in [0.05, 0.1) is 17.8 Å². The Kier molecular flexibility index (Phi) is 3.04. The molecule has 0 radical (unpaired) electrons. The van der Waals surface area contributed by atoms with Gasteiger partial charge in [-0.1, -0.05) is 0 Å². The van der Waals surface area contributed by atoms with Gasteiger partial charge in [0.15, 0.2) is 5.82 Å². The van der Waals surface area contributed by atoms with Crippen LogP contribution in [-0.4, -0.2) is 30.5 Å². The Morgan fingerprint density at radius 3 is 2.95 bits per heavy atom. The van der Waals surface area contributed by atoms with Crippen molar-refractivity contribution in [2.75, 3.05) is 0 Å². The Morgan fingerprint density at radius 1 is 1.45 bits per heavy atom. The van der Waals surface area contributed by atoms with Crippen LogP contribution in [0.1, 0.15) is 47.1 Å². The van der Waals surface area contributed by atoms with E-state index in [0.29, 0.717) is 5.56 Å². The fourth-order valence-corrected chi connectivity index (χ4v) is 2.55. The molecule has 0 saturated carbocycles. The summed E-state index contributed by atoms with van der Waals surface area (Å²) >= 11 is 0. The highest BCUT2D eigenvalue weighted by atomic mass is 16.1. The van der Waals surface area contributed by atoms with Crippen LogP contribution in [0.3, 0.4) is 0 Å². The fourth-order valence-electron chi connectivity index (χ4n) is 2.55. The van der Waals surface area contributed by atoms with Crippen molar-refractivity contribution < 1.29 is 4.79 Å². The van der Waals surface area contributed by atoms with E-state index in [0.717, 1.165) is 36.7 Å². The molecule has 0 fully saturated rings. The SMILES string of the molecule is Cc1c(C(=O)N[C@@H](C)c2nnc3n2CCC3)cnn1C. The van der Waals surface area contributed by atoms with Crippen molar-refractivity contribution in [1.29, 1.82) is 0 Å². The molecule has 0 aromatic carbocycles. The molecule has 3 rings (SSSR count). The number of fused-ring (bicyclic) bond motifs is 1. The number of amides is 1. The summed E-state index contributed by atoms with van der Waals surface area (Å²) in [6, 6.07) is -0.165. The predicted molar refractivity (Wildman–Crippen MR) is 72.2 cm³/mol. The van der Waals surface area contributed by atoms with Crippen LogP contribution in [0.4, 0.5) is 0 Å². The zero-order valence-electron chi connectivity index (χ0n) is 11.9. The van der Waals surface area contributed by atoms with Crippen molar-refractivity contribution in [2.45, 2.75) is 39.3 Å². The number of aryl methyl sites for hydroxylation is 2. The van der Waals surface area contributed by atoms with E-state index in [1.54, 1.807) is 10.9 Å². The van der Waals surface area contributed by atoms with Gasteiger partial charge in [-0.05, 0) is 20.3 Å². The monoisotopic (exact) mass is 274 g/mol. The van der Waals surface area contributed by atoms with E-state index in [1.165, 1.54) is 0 Å². The van der Waals surface area contributed by atoms with Gasteiger partial charge in [-0.15, -0.1) is 10.2 Å². The first-order valence-electron chi connectivity index (χ1n) is 6.79. The summed E-state index contributed by atoms with van der Waals surface area (Å²) in [7, 11) is 1.82. The predicted octanol–water partition coefficient (Wildman–Crippen LogP) is 0.757. The Morgan fingerprint density at radius 2 is 2.25 bits per heavy atom. The largest absolute Gasteiger partial charge is 0.342 e. The molecule has 2 aromatic heterocycles. The van der Waals surface area contributed by atoms with Crippen LogP contribution in [0.15, 0.2) is 6.20 Å². The number of hydrogen-bond donors (Lipinski definition) is 1. The maximum atomic E-state index is 12.3. The van der Waals surface area contributed by atoms with Gasteiger partial charge in [0.2, 0.25) is 0 Å². The average molecular weight is 274 g/mol. The zero-order valence-corrected chi connectivity index (χ0v) is 11.9. The summed E-state index contributed by atoms with van der Waals surface area (Å²) in [6.07, 6.45) is 3.65. The van der Waals surface area contributed by atoms with Gasteiger partial charge in [-0.25, -0.2) is 0 Å². The van der Waals surface area contributed by atoms with Crippen molar-refractivity contribution >= 4 is 5.91 Å². The van der Waals surface area contributed by atoms with Gasteiger partial charge in [-0.2, -0.15) is 5.10 Å². The van der Waals surface area contributed by atoms with Crippen molar-refractivity contribution in [1.82, 2.24) is 29.9 Å². The Balaban J connectivity index is 1.77. The van der Waals surface area contributed by atoms with E-state index in [9.17, 15) is 4.79 Å². The van der Waals surface area contributed by atoms with E-state index < -0.39 is 0 Å². The molecule has 106 valence electrons. The second-order valence-corrected chi connectivity index (χ2v) is 5.19. The van der Waals surface area contributed by atoms with Crippen LogP contribution in [0.25, 0.3) is 0 Å². The van der Waals surface area contributed by atoms with Crippen LogP contribution in [-0.2, 0) is 20.0 Å². The summed E-state index contributed by atoms with van der Waals surface area (Å²) in [6.45, 7) is 4.74. The highest BCUT2D eigenvalue weighted by Gasteiger charge is 2.23. The second kappa shape index (κ2) is 4.73. The molecule has 1 aliphatic rings. The van der Waals surface area contributed by atoms with E-state index >= 15 is 0 Å². The number of aromatic nitrogens is 5. The van der Waals surface area contributed by atoms with E-state index in [2.05, 4.69) is 25.2 Å². The Labute approximate surface area is 117 Å². The quantitative estimate of drug-likeness (QED) is 0.896. The lowest BCUT2D eigenvalue weighted by Gasteiger charge is -2.13. The molecule has 7 nitrogen and oxygen atoms in total. The highest BCUT2D eigenvalue weighted by Crippen LogP contribution is 2.19. The van der Waals surface area contributed by atoms with Gasteiger partial charge in [0.25, 0.3) is 5.91 Å². The molecule has 1 aliphatic heterocycles. The van der Waals surface area contributed by atoms with Crippen LogP contribution in [0, 0.1) is 6.92 Å². The third-order valence-electron chi connectivity index (χ3n) is 3.85. The van der Waals surface area contributed by atoms with E-state index in [4.69, 9.17) is 0 Å². The minimum absolute atomic E-state index is 0.126. The topological polar surface area (TPSA) is 77.6 Å². The zero-order chi connectivity index (χ0) is 14.3. The highest BCUT2D eigenvalue weighted by molar-refractivity contribution is 5.95. The summed E-state index contributed by atoms with van der Waals surface area (Å²) in [4.78, 5) is 12.3. The third kappa shape index (κ3) is 1.99. The van der Waals surface area contributed by atoms with Gasteiger partial charge < -0.3 is 9.88 Å². The van der Waals surface area contributed by atoms with Crippen molar-refractivity contribution in [3.05, 3.63) is 29.1 Å². The molecule has 0 spiro atoms. The maximum Gasteiger partial charge on any atom is 0.255 e. The second-order valence-electron chi connectivity index (χ2n) is 5.19. The molecule has 2 aromatic rings. The smallest absolute Gasteiger partial charge is 0.255 e. The molecule has 1 amide bonds. The molecule has 3 heterocycles. The fraction of sp³-hybridized carbons (Fsp3) is 0.538. The molecule has 0 unspecified atom stereocenters. The molecular weight excluding hydrogens is 256 g/mol. The average Bonchev–Trinajstić information content (AvgIpc) is 3.06. The van der Waals surface area contributed by atoms with Crippen LogP contribution in [0.2, 0.25) is 0 Å². The molecule has 0 saturated heterocycles. The summed E-state index contributed by atoms with van der Waals surface area (Å²) in [5, 5.41) is 15.4. The number of carbonyl (C=O) groups excluding carboxylic acids is 1. The third-order valence-corrected chi connectivity index (χ3v) is 3.85. The van der Waals surface area contributed by atoms with Crippen LogP contribution < -0.4 is 5.32 Å². The van der Waals surface area contributed by atoms with Crippen LogP contribution >= 0.6 is 0 Å². The van der Waals surface area contributed by atoms with Crippen LogP contribution in [0.5, 0.6) is 0 Å². The van der Waals surface area contributed by atoms with Crippen molar-refractivity contribution in [2.24, 2.45) is 7.05 Å². The Hall–Kier alpha value is -2.18. The first kappa shape index (κ1) is 12.8. The summed E-state index contributed by atoms with van der Waals surface area (Å²) in [5.74, 6) is 1.71. The summed E-state index contributed by atoms with van der Waals surface area (Å²) in [5.41, 5.74) is 1.45. The van der Waals surface area contributed by atoms with Crippen molar-refractivity contribution in [3.8, 4) is 0 Å². The van der Waals surface area contributed by atoms with Gasteiger partial charge in [0, 0.05) is 25.7 Å². The molecule has 0 bridgehead atoms. The molecule has 20 heavy (non-hydrogen) atoms. The number of nitrogens with zero attached hydrogens (tertiary/aromatic N) is 5. The van der Waals surface area contributed by atoms with Crippen molar-refractivity contribution in [3.63, 3.8) is 0 Å². The number of nitrogens with one attached hydrogen (secondary N) is 1. The first-order chi connectivity index (χ1) is 9.58. The normalized spacial score (nSPS) is 15.2. The molecule has 0 aliphatic carbocycles. The lowest BCUT2D eigenvalue weighted by atomic mass is 10.2. The summed E-state index contributed by atoms with van der Waals surface area (Å²) < 4.78 is 3.79. The van der Waals surface area contributed by atoms with E-state index in [-0.39, 0.29) is 11.9 Å². The lowest BCUT2D eigenvalue weighted by molar-refractivity contribution is 0.0937. The number of hydrogen-bond acceptors (Lipinski definition) is 4. The molecule has 1 atom stereocenters. The number of carbonyl (C=O) groups is 1. The molecule has 7 heteroatoms. The Bertz CT molecular complexity index is 656.